The first kappa shape index (κ1) is 27.2. The number of nitrogens with one attached hydrogen (secondary N) is 2. The third kappa shape index (κ3) is 7.23. The van der Waals surface area contributed by atoms with Gasteiger partial charge in [0.25, 0.3) is 0 Å². The fourth-order valence-corrected chi connectivity index (χ4v) is 5.87. The number of carbonyl (C=O) groups is 5. The van der Waals surface area contributed by atoms with Crippen LogP contribution in [0.2, 0.25) is 0 Å². The summed E-state index contributed by atoms with van der Waals surface area (Å²) in [5.41, 5.74) is -3.54. The van der Waals surface area contributed by atoms with Crippen LogP contribution in [0.1, 0.15) is 82.3 Å². The monoisotopic (exact) mass is 632 g/mol. The summed E-state index contributed by atoms with van der Waals surface area (Å²) in [7, 11) is 0. The summed E-state index contributed by atoms with van der Waals surface area (Å²) in [6, 6.07) is 0.757. The van der Waals surface area contributed by atoms with E-state index in [0.29, 0.717) is 19.3 Å². The van der Waals surface area contributed by atoms with Gasteiger partial charge in [-0.1, -0.05) is 37.1 Å². The van der Waals surface area contributed by atoms with Crippen LogP contribution in [-0.4, -0.2) is 80.7 Å². The second-order valence-corrected chi connectivity index (χ2v) is 12.8. The van der Waals surface area contributed by atoms with Crippen molar-refractivity contribution in [1.82, 2.24) is 20.4 Å². The van der Waals surface area contributed by atoms with Crippen LogP contribution in [0.3, 0.4) is 0 Å². The summed E-state index contributed by atoms with van der Waals surface area (Å²) >= 11 is 0. The second-order valence-electron chi connectivity index (χ2n) is 12.8. The van der Waals surface area contributed by atoms with Crippen molar-refractivity contribution in [1.29, 1.82) is 0 Å². The number of aliphatic carboxylic acids is 1. The van der Waals surface area contributed by atoms with Crippen LogP contribution in [-0.2, 0) is 36.9 Å². The van der Waals surface area contributed by atoms with Gasteiger partial charge in [-0.3, -0.25) is 14.5 Å². The van der Waals surface area contributed by atoms with Gasteiger partial charge in [-0.25, -0.2) is 18.8 Å². The number of halogens is 1. The van der Waals surface area contributed by atoms with E-state index >= 15 is 0 Å². The molecule has 5 rings (SSSR count). The average Bonchev–Trinajstić information content (AvgIpc) is 3.45. The average molecular weight is 633 g/mol. The van der Waals surface area contributed by atoms with E-state index in [1.807, 2.05) is 6.08 Å². The van der Waals surface area contributed by atoms with Gasteiger partial charge < -0.3 is 30.1 Å². The van der Waals surface area contributed by atoms with Crippen LogP contribution in [0, 0.1) is 11.7 Å². The van der Waals surface area contributed by atoms with Gasteiger partial charge >= 0.3 is 18.2 Å². The molecule has 1 aliphatic carbocycles. The Morgan fingerprint density at radius 3 is 2.67 bits per heavy atom. The van der Waals surface area contributed by atoms with Gasteiger partial charge in [0.05, 0.1) is 18.5 Å². The standard InChI is InChI=1S/C32H41FN4O8/c1-31(2,3)45-29(42)34-24-13-8-6-4-5-7-11-20-15-32(20,28(40)41)35-26(38)25-14-21(17-37(25)27(24)39)44-30(43)36-16-19-10-9-12-23(33)22(19)18-36/h7,9-12,20-21,24-25H,4-6,8,13-18H2,1-3H3,(H,34,42)(H,35,38)(H,40,41)/b11-7-/t20-,21-,24+,25+,32-/m1/s1/i16D2,18D2. The van der Waals surface area contributed by atoms with Crippen LogP contribution in [0.5, 0.6) is 0 Å². The molecule has 0 aromatic heterocycles. The molecule has 3 heterocycles. The zero-order valence-electron chi connectivity index (χ0n) is 29.4. The number of allylic oxidation sites excluding steroid dienone is 1. The van der Waals surface area contributed by atoms with Crippen molar-refractivity contribution in [3.63, 3.8) is 0 Å². The maximum Gasteiger partial charge on any atom is 0.410 e. The minimum absolute atomic E-state index is 0.128. The molecule has 45 heavy (non-hydrogen) atoms. The summed E-state index contributed by atoms with van der Waals surface area (Å²) in [6.45, 7) is -1.24. The largest absolute Gasteiger partial charge is 0.479 e. The van der Waals surface area contributed by atoms with Gasteiger partial charge in [0.2, 0.25) is 11.8 Å². The summed E-state index contributed by atoms with van der Waals surface area (Å²) < 4.78 is 59.5. The molecule has 13 heteroatoms. The number of hydrogen-bond donors (Lipinski definition) is 3. The van der Waals surface area contributed by atoms with E-state index in [1.54, 1.807) is 26.8 Å². The van der Waals surface area contributed by atoms with E-state index < -0.39 is 102 Å². The van der Waals surface area contributed by atoms with E-state index in [4.69, 9.17) is 15.0 Å². The fourth-order valence-electron chi connectivity index (χ4n) is 5.87. The molecule has 4 amide bonds. The predicted molar refractivity (Wildman–Crippen MR) is 158 cm³/mol. The molecule has 3 N–H and O–H groups in total. The number of carboxylic acid groups (broad SMARTS) is 1. The molecule has 2 fully saturated rings. The molecule has 1 saturated heterocycles. The second kappa shape index (κ2) is 12.7. The van der Waals surface area contributed by atoms with Gasteiger partial charge in [0, 0.05) is 24.4 Å². The molecular weight excluding hydrogens is 587 g/mol. The number of hydrogen-bond acceptors (Lipinski definition) is 7. The maximum absolute atomic E-state index is 14.7. The number of nitrogens with zero attached hydrogens (tertiary/aromatic N) is 2. The van der Waals surface area contributed by atoms with Gasteiger partial charge in [0.15, 0.2) is 0 Å². The normalized spacial score (nSPS) is 32.8. The molecule has 1 aromatic carbocycles. The lowest BCUT2D eigenvalue weighted by molar-refractivity contribution is -0.145. The van der Waals surface area contributed by atoms with Crippen molar-refractivity contribution in [2.45, 2.75) is 108 Å². The third-order valence-corrected chi connectivity index (χ3v) is 8.23. The minimum atomic E-state index is -2.96. The Labute approximate surface area is 266 Å². The smallest absolute Gasteiger partial charge is 0.410 e. The Morgan fingerprint density at radius 2 is 1.96 bits per heavy atom. The molecule has 4 aliphatic rings. The molecule has 1 aromatic rings. The number of benzene rings is 1. The van der Waals surface area contributed by atoms with Crippen LogP contribution < -0.4 is 10.6 Å². The van der Waals surface area contributed by atoms with E-state index in [9.17, 15) is 33.5 Å². The zero-order chi connectivity index (χ0) is 36.1. The first-order valence-corrected chi connectivity index (χ1v) is 15.1. The van der Waals surface area contributed by atoms with Crippen molar-refractivity contribution in [2.75, 3.05) is 6.54 Å². The molecule has 244 valence electrons. The summed E-state index contributed by atoms with van der Waals surface area (Å²) in [5, 5.41) is 15.2. The Bertz CT molecular complexity index is 1570. The third-order valence-electron chi connectivity index (χ3n) is 8.23. The summed E-state index contributed by atoms with van der Waals surface area (Å²) in [5.74, 6) is -4.34. The molecule has 1 saturated carbocycles. The Hall–Kier alpha value is -4.16. The highest BCUT2D eigenvalue weighted by molar-refractivity contribution is 5.96. The van der Waals surface area contributed by atoms with E-state index in [2.05, 4.69) is 10.6 Å². The Balaban J connectivity index is 1.43. The number of carboxylic acids is 1. The number of amides is 4. The minimum Gasteiger partial charge on any atom is -0.479 e. The molecular formula is C32H41FN4O8. The van der Waals surface area contributed by atoms with Crippen molar-refractivity contribution in [2.24, 2.45) is 5.92 Å². The van der Waals surface area contributed by atoms with Gasteiger partial charge in [-0.2, -0.15) is 0 Å². The van der Waals surface area contributed by atoms with E-state index in [1.165, 1.54) is 6.07 Å². The quantitative estimate of drug-likeness (QED) is 0.427. The van der Waals surface area contributed by atoms with Gasteiger partial charge in [-0.05, 0) is 58.1 Å². The zero-order valence-corrected chi connectivity index (χ0v) is 25.4. The van der Waals surface area contributed by atoms with Crippen molar-refractivity contribution in [3.8, 4) is 0 Å². The van der Waals surface area contributed by atoms with E-state index in [0.717, 1.165) is 23.5 Å². The van der Waals surface area contributed by atoms with Crippen LogP contribution in [0.15, 0.2) is 30.4 Å². The van der Waals surface area contributed by atoms with E-state index in [-0.39, 0.29) is 24.2 Å². The van der Waals surface area contributed by atoms with Crippen LogP contribution in [0.4, 0.5) is 14.0 Å². The molecule has 0 bridgehead atoms. The number of carbonyl (C=O) groups excluding carboxylic acids is 4. The van der Waals surface area contributed by atoms with Crippen molar-refractivity contribution in [3.05, 3.63) is 47.3 Å². The molecule has 0 spiro atoms. The first-order valence-electron chi connectivity index (χ1n) is 17.1. The molecule has 5 atom stereocenters. The Morgan fingerprint density at radius 1 is 1.18 bits per heavy atom. The number of fused-ring (bicyclic) bond motifs is 3. The fraction of sp³-hybridized carbons (Fsp3) is 0.594. The Kier molecular flexibility index (Phi) is 7.66. The SMILES string of the molecule is [2H]C1([2H])c2cccc(F)c2C([2H])([2H])N1C(=O)O[C@@H]1C[C@H]2C(=O)N[C@]3(C(=O)O)C[C@H]3/C=C\CCCCC[C@H](NC(=O)OC(C)(C)C)C(=O)N2C1. The molecule has 12 nitrogen and oxygen atoms in total. The summed E-state index contributed by atoms with van der Waals surface area (Å²) in [4.78, 5) is 67.8. The van der Waals surface area contributed by atoms with Gasteiger partial charge in [-0.15, -0.1) is 0 Å². The summed E-state index contributed by atoms with van der Waals surface area (Å²) in [6.07, 6.45) is 2.51. The maximum atomic E-state index is 14.7. The lowest BCUT2D eigenvalue weighted by Crippen LogP contribution is -2.56. The molecule has 0 unspecified atom stereocenters. The highest BCUT2D eigenvalue weighted by atomic mass is 19.1. The molecule has 0 radical (unpaired) electrons. The molecule has 3 aliphatic heterocycles. The highest BCUT2D eigenvalue weighted by Gasteiger charge is 2.61. The number of ether oxygens (including phenoxy) is 2. The number of rotatable bonds is 3. The highest BCUT2D eigenvalue weighted by Crippen LogP contribution is 2.45. The number of alkyl carbamates (subject to hydrolysis) is 1. The lowest BCUT2D eigenvalue weighted by Gasteiger charge is -2.30. The van der Waals surface area contributed by atoms with Crippen molar-refractivity contribution < 1.29 is 48.4 Å². The van der Waals surface area contributed by atoms with Crippen LogP contribution >= 0.6 is 0 Å². The van der Waals surface area contributed by atoms with Crippen molar-refractivity contribution >= 4 is 30.0 Å². The topological polar surface area (TPSA) is 155 Å². The predicted octanol–water partition coefficient (Wildman–Crippen LogP) is 3.62. The van der Waals surface area contributed by atoms with Crippen LogP contribution in [0.25, 0.3) is 0 Å². The van der Waals surface area contributed by atoms with Gasteiger partial charge in [0.1, 0.15) is 35.1 Å². The first-order chi connectivity index (χ1) is 22.8. The lowest BCUT2D eigenvalue weighted by atomic mass is 10.0.